The predicted molar refractivity (Wildman–Crippen MR) is 54.7 cm³/mol. The lowest BCUT2D eigenvalue weighted by molar-refractivity contribution is 0.0972. The van der Waals surface area contributed by atoms with Gasteiger partial charge in [-0.25, -0.2) is 4.39 Å². The zero-order valence-corrected chi connectivity index (χ0v) is 8.63. The standard InChI is InChI=1S/C12H13FO2/c1-8(14)10-6-3-7-11(13)12(10)15-9-4-2-5-9/h3,6-7,9H,2,4-5H2,1H3. The van der Waals surface area contributed by atoms with Crippen LogP contribution in [0.25, 0.3) is 0 Å². The molecule has 0 atom stereocenters. The van der Waals surface area contributed by atoms with E-state index in [1.165, 1.54) is 19.1 Å². The fraction of sp³-hybridized carbons (Fsp3) is 0.417. The van der Waals surface area contributed by atoms with E-state index in [9.17, 15) is 9.18 Å². The quantitative estimate of drug-likeness (QED) is 0.714. The summed E-state index contributed by atoms with van der Waals surface area (Å²) in [6, 6.07) is 4.44. The van der Waals surface area contributed by atoms with Crippen molar-refractivity contribution in [2.45, 2.75) is 32.3 Å². The summed E-state index contributed by atoms with van der Waals surface area (Å²) in [7, 11) is 0. The van der Waals surface area contributed by atoms with Crippen LogP contribution in [0, 0.1) is 5.82 Å². The van der Waals surface area contributed by atoms with Gasteiger partial charge in [-0.3, -0.25) is 4.79 Å². The lowest BCUT2D eigenvalue weighted by atomic mass is 9.96. The summed E-state index contributed by atoms with van der Waals surface area (Å²) in [6.45, 7) is 1.42. The highest BCUT2D eigenvalue weighted by Gasteiger charge is 2.23. The molecule has 1 saturated carbocycles. The molecule has 0 aliphatic heterocycles. The van der Waals surface area contributed by atoms with E-state index < -0.39 is 5.82 Å². The van der Waals surface area contributed by atoms with Gasteiger partial charge in [-0.05, 0) is 38.3 Å². The van der Waals surface area contributed by atoms with Gasteiger partial charge in [0.25, 0.3) is 0 Å². The summed E-state index contributed by atoms with van der Waals surface area (Å²) in [5, 5.41) is 0. The minimum absolute atomic E-state index is 0.0833. The third-order valence-corrected chi connectivity index (χ3v) is 2.68. The first kappa shape index (κ1) is 10.1. The number of ketones is 1. The average Bonchev–Trinajstić information content (AvgIpc) is 2.12. The minimum Gasteiger partial charge on any atom is -0.487 e. The van der Waals surface area contributed by atoms with Crippen LogP contribution < -0.4 is 4.74 Å². The number of para-hydroxylation sites is 1. The van der Waals surface area contributed by atoms with Crippen molar-refractivity contribution in [2.24, 2.45) is 0 Å². The number of benzene rings is 1. The summed E-state index contributed by atoms with van der Waals surface area (Å²) >= 11 is 0. The molecule has 15 heavy (non-hydrogen) atoms. The number of carbonyl (C=O) groups is 1. The van der Waals surface area contributed by atoms with Gasteiger partial charge in [0.15, 0.2) is 17.3 Å². The molecule has 1 aromatic rings. The van der Waals surface area contributed by atoms with Crippen molar-refractivity contribution in [3.63, 3.8) is 0 Å². The maximum absolute atomic E-state index is 13.5. The summed E-state index contributed by atoms with van der Waals surface area (Å²) in [5.74, 6) is -0.492. The van der Waals surface area contributed by atoms with Crippen LogP contribution in [-0.2, 0) is 0 Å². The molecular weight excluding hydrogens is 195 g/mol. The van der Waals surface area contributed by atoms with Crippen LogP contribution in [0.2, 0.25) is 0 Å². The molecular formula is C12H13FO2. The lowest BCUT2D eigenvalue weighted by Gasteiger charge is -2.27. The summed E-state index contributed by atoms with van der Waals surface area (Å²) < 4.78 is 18.9. The Kier molecular flexibility index (Phi) is 2.71. The maximum atomic E-state index is 13.5. The van der Waals surface area contributed by atoms with Crippen molar-refractivity contribution in [2.75, 3.05) is 0 Å². The number of hydrogen-bond acceptors (Lipinski definition) is 2. The molecule has 2 nitrogen and oxygen atoms in total. The monoisotopic (exact) mass is 208 g/mol. The van der Waals surface area contributed by atoms with E-state index in [0.717, 1.165) is 19.3 Å². The van der Waals surface area contributed by atoms with E-state index in [-0.39, 0.29) is 17.6 Å². The molecule has 1 aliphatic rings. The highest BCUT2D eigenvalue weighted by atomic mass is 19.1. The van der Waals surface area contributed by atoms with E-state index in [4.69, 9.17) is 4.74 Å². The molecule has 0 N–H and O–H groups in total. The number of rotatable bonds is 3. The van der Waals surface area contributed by atoms with Crippen molar-refractivity contribution in [3.8, 4) is 5.75 Å². The number of Topliss-reactive ketones (excluding diaryl/α,β-unsaturated/α-hetero) is 1. The first-order chi connectivity index (χ1) is 7.18. The topological polar surface area (TPSA) is 26.3 Å². The fourth-order valence-corrected chi connectivity index (χ4v) is 1.56. The molecule has 0 amide bonds. The van der Waals surface area contributed by atoms with Gasteiger partial charge in [0, 0.05) is 0 Å². The van der Waals surface area contributed by atoms with Crippen LogP contribution in [0.4, 0.5) is 4.39 Å². The molecule has 0 spiro atoms. The molecule has 1 fully saturated rings. The van der Waals surface area contributed by atoms with Gasteiger partial charge in [0.2, 0.25) is 0 Å². The SMILES string of the molecule is CC(=O)c1cccc(F)c1OC1CCC1. The highest BCUT2D eigenvalue weighted by Crippen LogP contribution is 2.30. The molecule has 2 rings (SSSR count). The Morgan fingerprint density at radius 1 is 1.47 bits per heavy atom. The molecule has 3 heteroatoms. The Labute approximate surface area is 88.1 Å². The van der Waals surface area contributed by atoms with Gasteiger partial charge >= 0.3 is 0 Å². The van der Waals surface area contributed by atoms with Gasteiger partial charge in [0.1, 0.15) is 0 Å². The van der Waals surface area contributed by atoms with Gasteiger partial charge < -0.3 is 4.74 Å². The number of hydrogen-bond donors (Lipinski definition) is 0. The first-order valence-electron chi connectivity index (χ1n) is 5.14. The number of halogens is 1. The average molecular weight is 208 g/mol. The van der Waals surface area contributed by atoms with Gasteiger partial charge in [-0.2, -0.15) is 0 Å². The number of ether oxygens (including phenoxy) is 1. The third kappa shape index (κ3) is 2.01. The van der Waals surface area contributed by atoms with E-state index in [1.807, 2.05) is 0 Å². The van der Waals surface area contributed by atoms with E-state index in [0.29, 0.717) is 5.56 Å². The van der Waals surface area contributed by atoms with Crippen molar-refractivity contribution in [1.82, 2.24) is 0 Å². The largest absolute Gasteiger partial charge is 0.487 e. The van der Waals surface area contributed by atoms with Crippen LogP contribution in [0.3, 0.4) is 0 Å². The fourth-order valence-electron chi connectivity index (χ4n) is 1.56. The van der Waals surface area contributed by atoms with Crippen molar-refractivity contribution in [3.05, 3.63) is 29.6 Å². The Hall–Kier alpha value is -1.38. The summed E-state index contributed by atoms with van der Waals surface area (Å²) in [5.41, 5.74) is 0.335. The second kappa shape index (κ2) is 4.01. The Balaban J connectivity index is 2.29. The van der Waals surface area contributed by atoms with Gasteiger partial charge in [0.05, 0.1) is 11.7 Å². The molecule has 1 aliphatic carbocycles. The second-order valence-corrected chi connectivity index (χ2v) is 3.84. The zero-order valence-electron chi connectivity index (χ0n) is 8.63. The molecule has 0 radical (unpaired) electrons. The second-order valence-electron chi connectivity index (χ2n) is 3.84. The maximum Gasteiger partial charge on any atom is 0.166 e. The smallest absolute Gasteiger partial charge is 0.166 e. The third-order valence-electron chi connectivity index (χ3n) is 2.68. The summed E-state index contributed by atoms with van der Waals surface area (Å²) in [4.78, 5) is 11.3. The van der Waals surface area contributed by atoms with Crippen LogP contribution in [0.15, 0.2) is 18.2 Å². The van der Waals surface area contributed by atoms with E-state index >= 15 is 0 Å². The molecule has 1 aromatic carbocycles. The normalized spacial score (nSPS) is 15.9. The van der Waals surface area contributed by atoms with Crippen LogP contribution in [0.1, 0.15) is 36.5 Å². The minimum atomic E-state index is -0.449. The van der Waals surface area contributed by atoms with Gasteiger partial charge in [-0.1, -0.05) is 6.07 Å². The van der Waals surface area contributed by atoms with E-state index in [1.54, 1.807) is 6.07 Å². The van der Waals surface area contributed by atoms with Crippen LogP contribution in [0.5, 0.6) is 5.75 Å². The molecule has 0 bridgehead atoms. The van der Waals surface area contributed by atoms with Crippen LogP contribution >= 0.6 is 0 Å². The molecule has 0 heterocycles. The first-order valence-corrected chi connectivity index (χ1v) is 5.14. The Morgan fingerprint density at radius 3 is 2.73 bits per heavy atom. The van der Waals surface area contributed by atoms with Crippen LogP contribution in [-0.4, -0.2) is 11.9 Å². The van der Waals surface area contributed by atoms with Crippen molar-refractivity contribution in [1.29, 1.82) is 0 Å². The molecule has 0 unspecified atom stereocenters. The van der Waals surface area contributed by atoms with E-state index in [2.05, 4.69) is 0 Å². The number of carbonyl (C=O) groups excluding carboxylic acids is 1. The predicted octanol–water partition coefficient (Wildman–Crippen LogP) is 2.96. The molecule has 0 aromatic heterocycles. The molecule has 0 saturated heterocycles. The summed E-state index contributed by atoms with van der Waals surface area (Å²) in [6.07, 6.45) is 3.10. The highest BCUT2D eigenvalue weighted by molar-refractivity contribution is 5.96. The Morgan fingerprint density at radius 2 is 2.20 bits per heavy atom. The van der Waals surface area contributed by atoms with Crippen molar-refractivity contribution < 1.29 is 13.9 Å². The zero-order chi connectivity index (χ0) is 10.8. The Bertz CT molecular complexity index is 383. The van der Waals surface area contributed by atoms with Crippen molar-refractivity contribution >= 4 is 5.78 Å². The lowest BCUT2D eigenvalue weighted by Crippen LogP contribution is -2.25. The molecule has 80 valence electrons. The van der Waals surface area contributed by atoms with Gasteiger partial charge in [-0.15, -0.1) is 0 Å².